The summed E-state index contributed by atoms with van der Waals surface area (Å²) in [5.74, 6) is 0.389. The van der Waals surface area contributed by atoms with Crippen LogP contribution in [-0.4, -0.2) is 28.6 Å². The van der Waals surface area contributed by atoms with E-state index in [1.54, 1.807) is 0 Å². The molecule has 1 atom stereocenters. The highest BCUT2D eigenvalue weighted by Gasteiger charge is 2.71. The van der Waals surface area contributed by atoms with E-state index in [-0.39, 0.29) is 22.5 Å². The van der Waals surface area contributed by atoms with Crippen LogP contribution in [0.2, 0.25) is 0 Å². The van der Waals surface area contributed by atoms with E-state index in [0.29, 0.717) is 11.9 Å². The zero-order chi connectivity index (χ0) is 14.1. The van der Waals surface area contributed by atoms with Gasteiger partial charge in [-0.1, -0.05) is 47.5 Å². The number of carbonyl (C=O) groups is 1. The van der Waals surface area contributed by atoms with Crippen LogP contribution in [0.5, 0.6) is 0 Å². The molecule has 0 aromatic carbocycles. The van der Waals surface area contributed by atoms with E-state index in [2.05, 4.69) is 44.8 Å². The first-order valence-electron chi connectivity index (χ1n) is 7.88. The maximum Gasteiger partial charge on any atom is 0.244 e. The molecule has 2 saturated carbocycles. The lowest BCUT2D eigenvalue weighted by Gasteiger charge is -2.26. The third-order valence-corrected chi connectivity index (χ3v) is 6.49. The fourth-order valence-electron chi connectivity index (χ4n) is 4.63. The molecule has 1 N–H and O–H groups in total. The van der Waals surface area contributed by atoms with Crippen molar-refractivity contribution in [3.05, 3.63) is 0 Å². The highest BCUT2D eigenvalue weighted by atomic mass is 16.2. The Labute approximate surface area is 117 Å². The van der Waals surface area contributed by atoms with Crippen LogP contribution in [0.4, 0.5) is 0 Å². The average Bonchev–Trinajstić information content (AvgIpc) is 2.76. The van der Waals surface area contributed by atoms with Gasteiger partial charge in [0.25, 0.3) is 0 Å². The van der Waals surface area contributed by atoms with Crippen molar-refractivity contribution in [2.75, 3.05) is 0 Å². The fourth-order valence-corrected chi connectivity index (χ4v) is 4.63. The summed E-state index contributed by atoms with van der Waals surface area (Å²) in [6, 6.07) is 0.393. The van der Waals surface area contributed by atoms with Crippen LogP contribution in [0.3, 0.4) is 0 Å². The molecule has 19 heavy (non-hydrogen) atoms. The van der Waals surface area contributed by atoms with Gasteiger partial charge in [0, 0.05) is 6.04 Å². The van der Waals surface area contributed by atoms with Crippen LogP contribution in [0.25, 0.3) is 0 Å². The molecule has 3 fully saturated rings. The summed E-state index contributed by atoms with van der Waals surface area (Å²) in [7, 11) is 0. The molecule has 1 amide bonds. The molecule has 2 aliphatic carbocycles. The van der Waals surface area contributed by atoms with Crippen molar-refractivity contribution < 1.29 is 4.79 Å². The quantitative estimate of drug-likeness (QED) is 0.831. The first-order chi connectivity index (χ1) is 8.78. The first kappa shape index (κ1) is 13.4. The van der Waals surface area contributed by atoms with Gasteiger partial charge in [0.1, 0.15) is 0 Å². The largest absolute Gasteiger partial charge is 0.321 e. The van der Waals surface area contributed by atoms with Gasteiger partial charge >= 0.3 is 0 Å². The van der Waals surface area contributed by atoms with Crippen molar-refractivity contribution in [2.24, 2.45) is 10.8 Å². The van der Waals surface area contributed by atoms with Crippen LogP contribution in [-0.2, 0) is 4.79 Å². The Bertz CT molecular complexity index is 393. The van der Waals surface area contributed by atoms with Gasteiger partial charge in [-0.05, 0) is 30.1 Å². The van der Waals surface area contributed by atoms with Crippen LogP contribution < -0.4 is 5.32 Å². The topological polar surface area (TPSA) is 32.3 Å². The van der Waals surface area contributed by atoms with Gasteiger partial charge in [-0.2, -0.15) is 0 Å². The molecule has 1 unspecified atom stereocenters. The van der Waals surface area contributed by atoms with E-state index in [0.717, 1.165) is 19.3 Å². The van der Waals surface area contributed by atoms with Gasteiger partial charge in [-0.25, -0.2) is 0 Å². The molecule has 3 aliphatic rings. The number of hydrogen-bond acceptors (Lipinski definition) is 2. The van der Waals surface area contributed by atoms with Crippen LogP contribution in [0, 0.1) is 10.8 Å². The van der Waals surface area contributed by atoms with E-state index in [4.69, 9.17) is 0 Å². The normalized spacial score (nSPS) is 35.3. The lowest BCUT2D eigenvalue weighted by molar-refractivity contribution is -0.134. The third-order valence-electron chi connectivity index (χ3n) is 6.49. The second kappa shape index (κ2) is 3.75. The minimum Gasteiger partial charge on any atom is -0.321 e. The number of amides is 1. The molecule has 1 saturated heterocycles. The summed E-state index contributed by atoms with van der Waals surface area (Å²) in [6.45, 7) is 11.4. The maximum absolute atomic E-state index is 13.0. The Balaban J connectivity index is 1.91. The highest BCUT2D eigenvalue weighted by Crippen LogP contribution is 2.66. The minimum absolute atomic E-state index is 0.213. The molecule has 1 heterocycles. The predicted molar refractivity (Wildman–Crippen MR) is 76.6 cm³/mol. The van der Waals surface area contributed by atoms with Gasteiger partial charge in [0.05, 0.1) is 11.7 Å². The summed E-state index contributed by atoms with van der Waals surface area (Å²) < 4.78 is 0. The third kappa shape index (κ3) is 1.51. The molecule has 1 aliphatic heterocycles. The summed E-state index contributed by atoms with van der Waals surface area (Å²) in [5.41, 5.74) is 0.263. The van der Waals surface area contributed by atoms with Gasteiger partial charge in [-0.3, -0.25) is 10.1 Å². The molecule has 3 heteroatoms. The van der Waals surface area contributed by atoms with Crippen molar-refractivity contribution in [1.82, 2.24) is 10.2 Å². The number of nitrogens with one attached hydrogen (secondary N) is 1. The Morgan fingerprint density at radius 3 is 2.11 bits per heavy atom. The molecular weight excluding hydrogens is 236 g/mol. The van der Waals surface area contributed by atoms with Crippen molar-refractivity contribution in [2.45, 2.75) is 84.5 Å². The molecule has 0 bridgehead atoms. The Hall–Kier alpha value is -0.570. The summed E-state index contributed by atoms with van der Waals surface area (Å²) >= 11 is 0. The molecule has 0 aromatic rings. The second-order valence-electron chi connectivity index (χ2n) is 7.92. The Kier molecular flexibility index (Phi) is 2.65. The number of carbonyl (C=O) groups excluding carboxylic acids is 1. The summed E-state index contributed by atoms with van der Waals surface area (Å²) in [4.78, 5) is 15.2. The zero-order valence-electron chi connectivity index (χ0n) is 13.0. The second-order valence-corrected chi connectivity index (χ2v) is 7.92. The van der Waals surface area contributed by atoms with E-state index < -0.39 is 0 Å². The lowest BCUT2D eigenvalue weighted by atomic mass is 9.98. The van der Waals surface area contributed by atoms with Gasteiger partial charge in [0.2, 0.25) is 5.91 Å². The van der Waals surface area contributed by atoms with E-state index in [9.17, 15) is 4.79 Å². The molecule has 108 valence electrons. The van der Waals surface area contributed by atoms with E-state index in [1.165, 1.54) is 12.8 Å². The van der Waals surface area contributed by atoms with Crippen molar-refractivity contribution >= 4 is 5.91 Å². The minimum atomic E-state index is -0.213. The van der Waals surface area contributed by atoms with Gasteiger partial charge in [0.15, 0.2) is 0 Å². The number of nitrogens with zero attached hydrogens (tertiary/aromatic N) is 1. The number of rotatable bonds is 2. The SMILES string of the molecule is CCC1NC2(CCCC2)C(=O)N1C1C(C)(C)C1(C)C. The molecule has 0 radical (unpaired) electrons. The first-order valence-corrected chi connectivity index (χ1v) is 7.88. The fraction of sp³-hybridized carbons (Fsp3) is 0.938. The Morgan fingerprint density at radius 2 is 1.68 bits per heavy atom. The Morgan fingerprint density at radius 1 is 1.16 bits per heavy atom. The van der Waals surface area contributed by atoms with E-state index in [1.807, 2.05) is 0 Å². The van der Waals surface area contributed by atoms with Crippen molar-refractivity contribution in [3.8, 4) is 0 Å². The smallest absolute Gasteiger partial charge is 0.244 e. The zero-order valence-corrected chi connectivity index (χ0v) is 13.0. The molecule has 1 spiro atoms. The monoisotopic (exact) mass is 264 g/mol. The maximum atomic E-state index is 13.0. The van der Waals surface area contributed by atoms with E-state index >= 15 is 0 Å². The molecule has 3 nitrogen and oxygen atoms in total. The predicted octanol–water partition coefficient (Wildman–Crippen LogP) is 2.90. The van der Waals surface area contributed by atoms with Crippen LogP contribution in [0.15, 0.2) is 0 Å². The molecule has 3 rings (SSSR count). The van der Waals surface area contributed by atoms with Crippen molar-refractivity contribution in [1.29, 1.82) is 0 Å². The molecular formula is C16H28N2O. The average molecular weight is 264 g/mol. The highest BCUT2D eigenvalue weighted by molar-refractivity contribution is 5.90. The molecule has 0 aromatic heterocycles. The van der Waals surface area contributed by atoms with Crippen molar-refractivity contribution in [3.63, 3.8) is 0 Å². The lowest BCUT2D eigenvalue weighted by Crippen LogP contribution is -2.44. The van der Waals surface area contributed by atoms with Crippen LogP contribution in [0.1, 0.15) is 66.7 Å². The number of hydrogen-bond donors (Lipinski definition) is 1. The van der Waals surface area contributed by atoms with Crippen LogP contribution >= 0.6 is 0 Å². The van der Waals surface area contributed by atoms with Gasteiger partial charge in [-0.15, -0.1) is 0 Å². The summed E-state index contributed by atoms with van der Waals surface area (Å²) in [6.07, 6.45) is 5.72. The summed E-state index contributed by atoms with van der Waals surface area (Å²) in [5, 5.41) is 3.69. The standard InChI is InChI=1S/C16H28N2O/c1-6-11-17-16(9-7-8-10-16)13(19)18(11)12-14(2,3)15(12,4)5/h11-12,17H,6-10H2,1-5H3. The van der Waals surface area contributed by atoms with Gasteiger partial charge < -0.3 is 4.90 Å².